The number of aryl methyl sites for hydroxylation is 3. The van der Waals surface area contributed by atoms with Gasteiger partial charge in [0, 0.05) is 17.8 Å². The molecule has 0 aliphatic carbocycles. The van der Waals surface area contributed by atoms with Gasteiger partial charge < -0.3 is 15.8 Å². The maximum absolute atomic E-state index is 13.4. The predicted octanol–water partition coefficient (Wildman–Crippen LogP) is 5.85. The fourth-order valence-corrected chi connectivity index (χ4v) is 5.56. The Bertz CT molecular complexity index is 1520. The fourth-order valence-electron chi connectivity index (χ4n) is 5.56. The van der Waals surface area contributed by atoms with Crippen molar-refractivity contribution in [2.75, 3.05) is 5.73 Å². The number of pyridine rings is 1. The Hall–Kier alpha value is -4.03. The number of nitrogens with zero attached hydrogens (tertiary/aromatic N) is 1. The van der Waals surface area contributed by atoms with Crippen molar-refractivity contribution in [2.24, 2.45) is 0 Å². The first kappa shape index (κ1) is 22.4. The third-order valence-corrected chi connectivity index (χ3v) is 7.33. The molecule has 2 bridgehead atoms. The molecule has 0 spiro atoms. The van der Waals surface area contributed by atoms with Gasteiger partial charge in [0.25, 0.3) is 5.91 Å². The molecule has 3 N–H and O–H groups in total. The zero-order chi connectivity index (χ0) is 25.1. The number of aromatic nitrogens is 1. The molecule has 3 aromatic carbocycles. The lowest BCUT2D eigenvalue weighted by atomic mass is 9.81. The van der Waals surface area contributed by atoms with Crippen molar-refractivity contribution < 1.29 is 13.9 Å². The molecule has 180 valence electrons. The summed E-state index contributed by atoms with van der Waals surface area (Å²) in [6.07, 6.45) is -0.358. The summed E-state index contributed by atoms with van der Waals surface area (Å²) in [5.74, 6) is 0.0799. The molecule has 4 aromatic rings. The SMILES string of the molecule is Cc1cc(N)nc(C)c1CNC(=O)c1ccc2c(c1)C1OC2c2c(C)cc(-c3ccc(F)cc3)cc21. The maximum atomic E-state index is 13.4. The van der Waals surface area contributed by atoms with Gasteiger partial charge in [-0.05, 0) is 107 Å². The van der Waals surface area contributed by atoms with Crippen LogP contribution in [0.3, 0.4) is 0 Å². The van der Waals surface area contributed by atoms with E-state index in [0.717, 1.165) is 50.2 Å². The number of nitrogen functional groups attached to an aromatic ring is 1. The largest absolute Gasteiger partial charge is 0.384 e. The minimum Gasteiger partial charge on any atom is -0.384 e. The van der Waals surface area contributed by atoms with E-state index < -0.39 is 0 Å². The molecular formula is C30H26FN3O2. The van der Waals surface area contributed by atoms with Gasteiger partial charge in [-0.3, -0.25) is 4.79 Å². The number of carbonyl (C=O) groups excluding carboxylic acids is 1. The van der Waals surface area contributed by atoms with Crippen LogP contribution < -0.4 is 11.1 Å². The van der Waals surface area contributed by atoms with E-state index >= 15 is 0 Å². The first-order valence-corrected chi connectivity index (χ1v) is 12.0. The number of nitrogens with one attached hydrogen (secondary N) is 1. The Balaban J connectivity index is 1.28. The van der Waals surface area contributed by atoms with E-state index in [4.69, 9.17) is 10.5 Å². The Morgan fingerprint density at radius 1 is 0.917 bits per heavy atom. The van der Waals surface area contributed by atoms with Crippen LogP contribution in [-0.4, -0.2) is 10.9 Å². The minimum atomic E-state index is -0.253. The summed E-state index contributed by atoms with van der Waals surface area (Å²) in [5, 5.41) is 3.02. The molecule has 1 amide bonds. The van der Waals surface area contributed by atoms with Gasteiger partial charge in [0.1, 0.15) is 23.8 Å². The number of carbonyl (C=O) groups is 1. The number of amides is 1. The Labute approximate surface area is 209 Å². The van der Waals surface area contributed by atoms with Crippen molar-refractivity contribution in [3.8, 4) is 11.1 Å². The van der Waals surface area contributed by atoms with Crippen LogP contribution in [0.5, 0.6) is 0 Å². The molecule has 0 saturated carbocycles. The molecule has 1 aromatic heterocycles. The van der Waals surface area contributed by atoms with E-state index in [2.05, 4.69) is 29.4 Å². The van der Waals surface area contributed by atoms with E-state index in [1.807, 2.05) is 38.1 Å². The summed E-state index contributed by atoms with van der Waals surface area (Å²) in [5.41, 5.74) is 16.8. The van der Waals surface area contributed by atoms with E-state index in [-0.39, 0.29) is 23.9 Å². The maximum Gasteiger partial charge on any atom is 0.251 e. The van der Waals surface area contributed by atoms with Crippen molar-refractivity contribution in [1.82, 2.24) is 10.3 Å². The van der Waals surface area contributed by atoms with Gasteiger partial charge in [-0.2, -0.15) is 0 Å². The molecule has 2 aliphatic rings. The van der Waals surface area contributed by atoms with Gasteiger partial charge in [0.2, 0.25) is 0 Å². The second-order valence-electron chi connectivity index (χ2n) is 9.65. The molecule has 36 heavy (non-hydrogen) atoms. The van der Waals surface area contributed by atoms with Crippen LogP contribution in [0.1, 0.15) is 67.2 Å². The number of anilines is 1. The Morgan fingerprint density at radius 3 is 2.44 bits per heavy atom. The molecule has 5 nitrogen and oxygen atoms in total. The van der Waals surface area contributed by atoms with Crippen LogP contribution in [0.25, 0.3) is 11.1 Å². The highest BCUT2D eigenvalue weighted by Gasteiger charge is 2.44. The summed E-state index contributed by atoms with van der Waals surface area (Å²) in [7, 11) is 0. The number of benzene rings is 3. The summed E-state index contributed by atoms with van der Waals surface area (Å²) in [6, 6.07) is 18.4. The number of hydrogen-bond donors (Lipinski definition) is 2. The van der Waals surface area contributed by atoms with Crippen molar-refractivity contribution in [1.29, 1.82) is 0 Å². The first-order valence-electron chi connectivity index (χ1n) is 12.0. The molecule has 2 unspecified atom stereocenters. The second-order valence-corrected chi connectivity index (χ2v) is 9.65. The quantitative estimate of drug-likeness (QED) is 0.385. The average Bonchev–Trinajstić information content (AvgIpc) is 3.41. The van der Waals surface area contributed by atoms with Crippen LogP contribution in [0, 0.1) is 26.6 Å². The van der Waals surface area contributed by atoms with Crippen molar-refractivity contribution in [3.05, 3.63) is 117 Å². The first-order chi connectivity index (χ1) is 17.3. The van der Waals surface area contributed by atoms with Crippen molar-refractivity contribution >= 4 is 11.7 Å². The third-order valence-electron chi connectivity index (χ3n) is 7.33. The molecule has 3 heterocycles. The number of fused-ring (bicyclic) bond motifs is 8. The highest BCUT2D eigenvalue weighted by molar-refractivity contribution is 5.94. The lowest BCUT2D eigenvalue weighted by Gasteiger charge is -2.20. The van der Waals surface area contributed by atoms with Crippen LogP contribution in [-0.2, 0) is 11.3 Å². The summed E-state index contributed by atoms with van der Waals surface area (Å²) >= 11 is 0. The average molecular weight is 480 g/mol. The zero-order valence-electron chi connectivity index (χ0n) is 20.4. The van der Waals surface area contributed by atoms with Gasteiger partial charge in [0.15, 0.2) is 0 Å². The lowest BCUT2D eigenvalue weighted by Crippen LogP contribution is -2.24. The molecule has 0 saturated heterocycles. The van der Waals surface area contributed by atoms with Gasteiger partial charge in [-0.25, -0.2) is 9.37 Å². The minimum absolute atomic E-state index is 0.134. The van der Waals surface area contributed by atoms with Gasteiger partial charge >= 0.3 is 0 Å². The van der Waals surface area contributed by atoms with Crippen LogP contribution >= 0.6 is 0 Å². The van der Waals surface area contributed by atoms with E-state index in [9.17, 15) is 9.18 Å². The highest BCUT2D eigenvalue weighted by Crippen LogP contribution is 2.55. The lowest BCUT2D eigenvalue weighted by molar-refractivity contribution is 0.0855. The van der Waals surface area contributed by atoms with Crippen LogP contribution in [0.2, 0.25) is 0 Å². The molecule has 0 radical (unpaired) electrons. The molecular weight excluding hydrogens is 453 g/mol. The van der Waals surface area contributed by atoms with Crippen LogP contribution in [0.4, 0.5) is 10.2 Å². The van der Waals surface area contributed by atoms with Gasteiger partial charge in [-0.15, -0.1) is 0 Å². The molecule has 2 atom stereocenters. The second kappa shape index (κ2) is 8.28. The Kier molecular flexibility index (Phi) is 5.16. The van der Waals surface area contributed by atoms with Crippen molar-refractivity contribution in [2.45, 2.75) is 39.5 Å². The van der Waals surface area contributed by atoms with Gasteiger partial charge in [-0.1, -0.05) is 24.3 Å². The third kappa shape index (κ3) is 3.57. The number of hydrogen-bond acceptors (Lipinski definition) is 4. The van der Waals surface area contributed by atoms with Crippen molar-refractivity contribution in [3.63, 3.8) is 0 Å². The fraction of sp³-hybridized carbons (Fsp3) is 0.200. The van der Waals surface area contributed by atoms with E-state index in [1.165, 1.54) is 17.7 Å². The molecule has 2 aliphatic heterocycles. The smallest absolute Gasteiger partial charge is 0.251 e. The monoisotopic (exact) mass is 479 g/mol. The zero-order valence-corrected chi connectivity index (χ0v) is 20.4. The number of nitrogens with two attached hydrogens (primary N) is 1. The number of ether oxygens (including phenoxy) is 1. The number of halogens is 1. The summed E-state index contributed by atoms with van der Waals surface area (Å²) < 4.78 is 19.8. The highest BCUT2D eigenvalue weighted by atomic mass is 19.1. The summed E-state index contributed by atoms with van der Waals surface area (Å²) in [4.78, 5) is 17.4. The standard InChI is InChI=1S/C30H26FN3O2/c1-15-11-26(32)34-17(3)25(15)14-33-30(35)19-6-9-22-23(12-19)28-24-13-20(18-4-7-21(31)8-5-18)10-16(2)27(24)29(22)36-28/h4-13,28-29H,14H2,1-3H3,(H2,32,34)(H,33,35). The topological polar surface area (TPSA) is 77.2 Å². The molecule has 0 fully saturated rings. The Morgan fingerprint density at radius 2 is 1.69 bits per heavy atom. The molecule has 6 heteroatoms. The summed E-state index contributed by atoms with van der Waals surface area (Å²) in [6.45, 7) is 6.34. The molecule has 6 rings (SSSR count). The van der Waals surface area contributed by atoms with E-state index in [1.54, 1.807) is 12.1 Å². The normalized spacial score (nSPS) is 17.1. The van der Waals surface area contributed by atoms with E-state index in [0.29, 0.717) is 17.9 Å². The van der Waals surface area contributed by atoms with Crippen LogP contribution in [0.15, 0.2) is 60.7 Å². The van der Waals surface area contributed by atoms with Gasteiger partial charge in [0.05, 0.1) is 0 Å². The predicted molar refractivity (Wildman–Crippen MR) is 137 cm³/mol. The number of rotatable bonds is 4.